The largest absolute Gasteiger partial charge is 0.372 e. The van der Waals surface area contributed by atoms with E-state index in [-0.39, 0.29) is 12.1 Å². The monoisotopic (exact) mass is 379 g/mol. The first-order chi connectivity index (χ1) is 9.74. The van der Waals surface area contributed by atoms with Gasteiger partial charge in [0.25, 0.3) is 0 Å². The molecule has 0 aromatic heterocycles. The fraction of sp³-hybridized carbons (Fsp3) is 0.294. The third-order valence-electron chi connectivity index (χ3n) is 3.80. The summed E-state index contributed by atoms with van der Waals surface area (Å²) in [5, 5.41) is 0. The Labute approximate surface area is 133 Å². The Morgan fingerprint density at radius 3 is 2.70 bits per heavy atom. The lowest BCUT2D eigenvalue weighted by molar-refractivity contribution is 0.0246. The Morgan fingerprint density at radius 1 is 1.15 bits per heavy atom. The summed E-state index contributed by atoms with van der Waals surface area (Å²) in [4.78, 5) is 0. The molecule has 2 aromatic rings. The van der Waals surface area contributed by atoms with Crippen LogP contribution < -0.4 is 5.73 Å². The van der Waals surface area contributed by atoms with E-state index < -0.39 is 0 Å². The van der Waals surface area contributed by atoms with Crippen molar-refractivity contribution in [3.8, 4) is 0 Å². The summed E-state index contributed by atoms with van der Waals surface area (Å²) in [6.07, 6.45) is 1.85. The van der Waals surface area contributed by atoms with E-state index in [0.717, 1.165) is 19.4 Å². The predicted molar refractivity (Wildman–Crippen MR) is 89.7 cm³/mol. The number of nitrogens with two attached hydrogens (primary N) is 1. The fourth-order valence-corrected chi connectivity index (χ4v) is 3.14. The van der Waals surface area contributed by atoms with Gasteiger partial charge in [-0.2, -0.15) is 0 Å². The number of ether oxygens (including phenoxy) is 1. The molecule has 1 aliphatic heterocycles. The summed E-state index contributed by atoms with van der Waals surface area (Å²) in [7, 11) is 0. The minimum atomic E-state index is -0.00323. The molecule has 0 amide bonds. The van der Waals surface area contributed by atoms with E-state index >= 15 is 0 Å². The van der Waals surface area contributed by atoms with Crippen LogP contribution in [-0.4, -0.2) is 12.6 Å². The van der Waals surface area contributed by atoms with Crippen LogP contribution in [0.15, 0.2) is 48.5 Å². The van der Waals surface area contributed by atoms with Crippen LogP contribution in [0.25, 0.3) is 0 Å². The normalized spacial score (nSPS) is 19.4. The highest BCUT2D eigenvalue weighted by atomic mass is 127. The average Bonchev–Trinajstić information content (AvgIpc) is 2.49. The molecule has 2 N–H and O–H groups in total. The quantitative estimate of drug-likeness (QED) is 0.829. The maximum Gasteiger partial charge on any atom is 0.0981 e. The maximum atomic E-state index is 6.41. The van der Waals surface area contributed by atoms with E-state index in [1.54, 1.807) is 0 Å². The Kier molecular flexibility index (Phi) is 4.38. The molecule has 1 heterocycles. The molecule has 0 saturated heterocycles. The van der Waals surface area contributed by atoms with Crippen LogP contribution in [0.1, 0.15) is 22.8 Å². The molecule has 2 nitrogen and oxygen atoms in total. The molecule has 0 radical (unpaired) electrons. The smallest absolute Gasteiger partial charge is 0.0981 e. The Bertz CT molecular complexity index is 582. The summed E-state index contributed by atoms with van der Waals surface area (Å²) in [5.41, 5.74) is 10.3. The standard InChI is InChI=1S/C17H18INO/c18-14-7-5-12(6-8-14)11-16(19)17-15-4-2-1-3-13(15)9-10-20-17/h1-8,16-17H,9-11,19H2. The Morgan fingerprint density at radius 2 is 1.90 bits per heavy atom. The van der Waals surface area contributed by atoms with Gasteiger partial charge in [-0.15, -0.1) is 0 Å². The summed E-state index contributed by atoms with van der Waals surface area (Å²) in [6.45, 7) is 0.766. The molecule has 0 aliphatic carbocycles. The molecule has 0 spiro atoms. The molecule has 20 heavy (non-hydrogen) atoms. The number of hydrogen-bond donors (Lipinski definition) is 1. The third-order valence-corrected chi connectivity index (χ3v) is 4.52. The van der Waals surface area contributed by atoms with Crippen molar-refractivity contribution in [1.82, 2.24) is 0 Å². The van der Waals surface area contributed by atoms with Gasteiger partial charge < -0.3 is 10.5 Å². The van der Waals surface area contributed by atoms with Gasteiger partial charge in [0.15, 0.2) is 0 Å². The second-order valence-corrected chi connectivity index (χ2v) is 6.48. The van der Waals surface area contributed by atoms with Crippen LogP contribution >= 0.6 is 22.6 Å². The number of halogens is 1. The van der Waals surface area contributed by atoms with Gasteiger partial charge in [0.05, 0.1) is 12.7 Å². The van der Waals surface area contributed by atoms with E-state index in [4.69, 9.17) is 10.5 Å². The minimum absolute atomic E-state index is 0.00323. The maximum absolute atomic E-state index is 6.41. The molecule has 0 saturated carbocycles. The van der Waals surface area contributed by atoms with Gasteiger partial charge in [0.1, 0.15) is 0 Å². The van der Waals surface area contributed by atoms with Gasteiger partial charge in [-0.3, -0.25) is 0 Å². The van der Waals surface area contributed by atoms with Crippen LogP contribution in [0.3, 0.4) is 0 Å². The average molecular weight is 379 g/mol. The molecular weight excluding hydrogens is 361 g/mol. The Balaban J connectivity index is 1.78. The van der Waals surface area contributed by atoms with E-state index in [9.17, 15) is 0 Å². The minimum Gasteiger partial charge on any atom is -0.372 e. The fourth-order valence-electron chi connectivity index (χ4n) is 2.78. The van der Waals surface area contributed by atoms with E-state index in [0.29, 0.717) is 0 Å². The van der Waals surface area contributed by atoms with Crippen molar-refractivity contribution >= 4 is 22.6 Å². The lowest BCUT2D eigenvalue weighted by Crippen LogP contribution is -2.35. The van der Waals surface area contributed by atoms with Crippen molar-refractivity contribution in [3.05, 3.63) is 68.8 Å². The highest BCUT2D eigenvalue weighted by Crippen LogP contribution is 2.30. The molecule has 104 valence electrons. The first kappa shape index (κ1) is 14.0. The van der Waals surface area contributed by atoms with E-state index in [2.05, 4.69) is 71.1 Å². The zero-order valence-electron chi connectivity index (χ0n) is 11.3. The number of benzene rings is 2. The molecule has 3 heteroatoms. The molecule has 1 aliphatic rings. The van der Waals surface area contributed by atoms with Crippen molar-refractivity contribution in [2.75, 3.05) is 6.61 Å². The molecular formula is C17H18INO. The molecule has 2 aromatic carbocycles. The van der Waals surface area contributed by atoms with Crippen LogP contribution in [0, 0.1) is 3.57 Å². The van der Waals surface area contributed by atoms with Crippen LogP contribution in [0.2, 0.25) is 0 Å². The summed E-state index contributed by atoms with van der Waals surface area (Å²) in [6, 6.07) is 17.0. The van der Waals surface area contributed by atoms with Crippen molar-refractivity contribution in [2.24, 2.45) is 5.73 Å². The van der Waals surface area contributed by atoms with Crippen molar-refractivity contribution in [1.29, 1.82) is 0 Å². The van der Waals surface area contributed by atoms with Crippen molar-refractivity contribution in [3.63, 3.8) is 0 Å². The first-order valence-electron chi connectivity index (χ1n) is 6.93. The third kappa shape index (κ3) is 3.05. The zero-order valence-corrected chi connectivity index (χ0v) is 13.4. The van der Waals surface area contributed by atoms with Crippen LogP contribution in [-0.2, 0) is 17.6 Å². The lowest BCUT2D eigenvalue weighted by Gasteiger charge is -2.30. The first-order valence-corrected chi connectivity index (χ1v) is 8.01. The van der Waals surface area contributed by atoms with Gasteiger partial charge in [0.2, 0.25) is 0 Å². The van der Waals surface area contributed by atoms with Crippen molar-refractivity contribution in [2.45, 2.75) is 25.0 Å². The van der Waals surface area contributed by atoms with Gasteiger partial charge in [0, 0.05) is 9.61 Å². The van der Waals surface area contributed by atoms with Gasteiger partial charge in [-0.1, -0.05) is 36.4 Å². The van der Waals surface area contributed by atoms with E-state index in [1.807, 2.05) is 0 Å². The topological polar surface area (TPSA) is 35.2 Å². The number of hydrogen-bond acceptors (Lipinski definition) is 2. The lowest BCUT2D eigenvalue weighted by atomic mass is 9.91. The van der Waals surface area contributed by atoms with Crippen LogP contribution in [0.4, 0.5) is 0 Å². The van der Waals surface area contributed by atoms with Crippen molar-refractivity contribution < 1.29 is 4.74 Å². The predicted octanol–water partition coefficient (Wildman–Crippen LogP) is 3.48. The number of rotatable bonds is 3. The Hall–Kier alpha value is -0.910. The molecule has 2 atom stereocenters. The molecule has 0 fully saturated rings. The summed E-state index contributed by atoms with van der Waals surface area (Å²) in [5.74, 6) is 0. The zero-order chi connectivity index (χ0) is 13.9. The second-order valence-electron chi connectivity index (χ2n) is 5.23. The SMILES string of the molecule is NC(Cc1ccc(I)cc1)C1OCCc2ccccc21. The molecule has 2 unspecified atom stereocenters. The molecule has 0 bridgehead atoms. The van der Waals surface area contributed by atoms with Crippen LogP contribution in [0.5, 0.6) is 0 Å². The summed E-state index contributed by atoms with van der Waals surface area (Å²) >= 11 is 2.32. The van der Waals surface area contributed by atoms with Gasteiger partial charge in [-0.05, 0) is 64.3 Å². The highest BCUT2D eigenvalue weighted by Gasteiger charge is 2.26. The van der Waals surface area contributed by atoms with Gasteiger partial charge >= 0.3 is 0 Å². The van der Waals surface area contributed by atoms with E-state index in [1.165, 1.54) is 20.3 Å². The highest BCUT2D eigenvalue weighted by molar-refractivity contribution is 14.1. The van der Waals surface area contributed by atoms with Gasteiger partial charge in [-0.25, -0.2) is 0 Å². The molecule has 3 rings (SSSR count). The second kappa shape index (κ2) is 6.24. The summed E-state index contributed by atoms with van der Waals surface area (Å²) < 4.78 is 7.18. The number of fused-ring (bicyclic) bond motifs is 1.